The Bertz CT molecular complexity index is 4230. The van der Waals surface area contributed by atoms with Crippen LogP contribution >= 0.6 is 11.3 Å². The molecular weight excluding hydrogens is 859 g/mol. The molecule has 6 heteroatoms. The Morgan fingerprint density at radius 3 is 1.45 bits per heavy atom. The van der Waals surface area contributed by atoms with Crippen LogP contribution in [0.15, 0.2) is 237 Å². The number of hydrogen-bond donors (Lipinski definition) is 0. The Morgan fingerprint density at radius 1 is 0.290 bits per heavy atom. The van der Waals surface area contributed by atoms with E-state index in [1.54, 1.807) is 0 Å². The van der Waals surface area contributed by atoms with Gasteiger partial charge in [0.25, 0.3) is 0 Å². The molecule has 0 atom stereocenters. The molecule has 0 amide bonds. The second kappa shape index (κ2) is 15.8. The highest BCUT2D eigenvalue weighted by Gasteiger charge is 2.23. The molecule has 10 aromatic carbocycles. The topological polar surface area (TPSA) is 48.5 Å². The van der Waals surface area contributed by atoms with Gasteiger partial charge in [-0.05, 0) is 76.9 Å². The van der Waals surface area contributed by atoms with E-state index in [-0.39, 0.29) is 0 Å². The van der Waals surface area contributed by atoms with Crippen LogP contribution in [-0.2, 0) is 0 Å². The van der Waals surface area contributed by atoms with Crippen molar-refractivity contribution >= 4 is 75.1 Å². The average Bonchev–Trinajstić information content (AvgIpc) is 4.09. The fourth-order valence-electron chi connectivity index (χ4n) is 10.4. The second-order valence-corrected chi connectivity index (χ2v) is 18.6. The van der Waals surface area contributed by atoms with E-state index in [1.165, 1.54) is 74.9 Å². The van der Waals surface area contributed by atoms with Crippen LogP contribution in [0.4, 0.5) is 0 Å². The van der Waals surface area contributed by atoms with E-state index >= 15 is 0 Å². The van der Waals surface area contributed by atoms with Gasteiger partial charge in [-0.1, -0.05) is 182 Å². The van der Waals surface area contributed by atoms with E-state index < -0.39 is 0 Å². The lowest BCUT2D eigenvalue weighted by atomic mass is 9.98. The first-order valence-electron chi connectivity index (χ1n) is 23.3. The van der Waals surface area contributed by atoms with Gasteiger partial charge in [-0.15, -0.1) is 11.3 Å². The molecule has 0 saturated carbocycles. The average molecular weight is 898 g/mol. The first-order chi connectivity index (χ1) is 34.2. The Kier molecular flexibility index (Phi) is 9.00. The molecule has 0 aliphatic carbocycles. The van der Waals surface area contributed by atoms with Crippen molar-refractivity contribution in [2.24, 2.45) is 0 Å². The van der Waals surface area contributed by atoms with E-state index in [0.717, 1.165) is 39.2 Å². The van der Waals surface area contributed by atoms with Crippen molar-refractivity contribution < 1.29 is 0 Å². The number of nitrogens with zero attached hydrogens (tertiary/aromatic N) is 5. The predicted molar refractivity (Wildman–Crippen MR) is 289 cm³/mol. The molecule has 0 unspecified atom stereocenters. The molecule has 322 valence electrons. The SMILES string of the molecule is c1ccc(-c2cccc(-c3ccc(-c4nc(-c5ccccc5)nc(-c5ccc6sc7c(ccc8c9cccc(-n%10c%11ccccc%11c%11ccccc%11%10)c9n(-c9ccccc9)c87)c6c5)n4)cc3)c2)cc1. The molecule has 0 spiro atoms. The summed E-state index contributed by atoms with van der Waals surface area (Å²) in [7, 11) is 0. The summed E-state index contributed by atoms with van der Waals surface area (Å²) in [5.41, 5.74) is 14.5. The largest absolute Gasteiger partial charge is 0.307 e. The number of para-hydroxylation sites is 4. The molecule has 0 saturated heterocycles. The minimum atomic E-state index is 0.631. The molecule has 14 aromatic rings. The maximum Gasteiger partial charge on any atom is 0.164 e. The van der Waals surface area contributed by atoms with Crippen molar-refractivity contribution in [3.63, 3.8) is 0 Å². The van der Waals surface area contributed by atoms with Gasteiger partial charge in [0.05, 0.1) is 32.5 Å². The Hall–Kier alpha value is -8.97. The van der Waals surface area contributed by atoms with Crippen LogP contribution in [0.5, 0.6) is 0 Å². The van der Waals surface area contributed by atoms with Crippen molar-refractivity contribution in [1.82, 2.24) is 24.1 Å². The zero-order valence-corrected chi connectivity index (χ0v) is 38.0. The molecule has 0 N–H and O–H groups in total. The van der Waals surface area contributed by atoms with Gasteiger partial charge in [0.2, 0.25) is 0 Å². The summed E-state index contributed by atoms with van der Waals surface area (Å²) < 4.78 is 7.39. The first-order valence-corrected chi connectivity index (χ1v) is 24.1. The molecule has 14 rings (SSSR count). The molecule has 0 radical (unpaired) electrons. The molecule has 69 heavy (non-hydrogen) atoms. The van der Waals surface area contributed by atoms with Gasteiger partial charge in [-0.2, -0.15) is 0 Å². The summed E-state index contributed by atoms with van der Waals surface area (Å²) >= 11 is 1.85. The summed E-state index contributed by atoms with van der Waals surface area (Å²) in [6.45, 7) is 0. The highest BCUT2D eigenvalue weighted by atomic mass is 32.1. The van der Waals surface area contributed by atoms with Crippen LogP contribution in [-0.4, -0.2) is 24.1 Å². The first kappa shape index (κ1) is 39.2. The fourth-order valence-corrected chi connectivity index (χ4v) is 11.6. The normalized spacial score (nSPS) is 11.8. The van der Waals surface area contributed by atoms with Gasteiger partial charge in [0.1, 0.15) is 0 Å². The highest BCUT2D eigenvalue weighted by Crippen LogP contribution is 2.46. The van der Waals surface area contributed by atoms with Crippen LogP contribution in [0.3, 0.4) is 0 Å². The van der Waals surface area contributed by atoms with Crippen molar-refractivity contribution in [2.45, 2.75) is 0 Å². The van der Waals surface area contributed by atoms with Crippen molar-refractivity contribution in [3.05, 3.63) is 237 Å². The van der Waals surface area contributed by atoms with E-state index in [1.807, 2.05) is 29.5 Å². The molecular formula is C63H39N5S. The van der Waals surface area contributed by atoms with Gasteiger partial charge in [-0.3, -0.25) is 0 Å². The second-order valence-electron chi connectivity index (χ2n) is 17.6. The van der Waals surface area contributed by atoms with Crippen LogP contribution in [0.1, 0.15) is 0 Å². The molecule has 5 nitrogen and oxygen atoms in total. The van der Waals surface area contributed by atoms with Gasteiger partial charge in [0.15, 0.2) is 17.5 Å². The molecule has 4 heterocycles. The standard InChI is InChI=1S/C63H39N5S/c1-4-16-40(17-5-1)44-20-14-21-45(38-44)41-30-32-43(33-31-41)62-64-61(42-18-6-2-7-19-42)65-63(66-62)46-34-37-57-53(39-46)52-36-35-51-50-26-15-29-56(58(50)67(59(51)60(52)69-57)47-22-8-3-9-23-47)68-54-27-12-10-24-48(54)49-25-11-13-28-55(49)68/h1-39H. The van der Waals surface area contributed by atoms with Crippen molar-refractivity contribution in [2.75, 3.05) is 0 Å². The lowest BCUT2D eigenvalue weighted by Gasteiger charge is -2.14. The van der Waals surface area contributed by atoms with Gasteiger partial charge < -0.3 is 9.13 Å². The molecule has 0 fully saturated rings. The number of aromatic nitrogens is 5. The van der Waals surface area contributed by atoms with Gasteiger partial charge in [-0.25, -0.2) is 15.0 Å². The summed E-state index contributed by atoms with van der Waals surface area (Å²) in [5.74, 6) is 1.90. The summed E-state index contributed by atoms with van der Waals surface area (Å²) in [6, 6.07) is 84.4. The van der Waals surface area contributed by atoms with Gasteiger partial charge >= 0.3 is 0 Å². The Balaban J connectivity index is 0.934. The minimum absolute atomic E-state index is 0.631. The third-order valence-corrected chi connectivity index (χ3v) is 14.8. The van der Waals surface area contributed by atoms with Crippen LogP contribution in [0, 0.1) is 0 Å². The number of thiophene rings is 1. The van der Waals surface area contributed by atoms with E-state index in [4.69, 9.17) is 15.0 Å². The van der Waals surface area contributed by atoms with Gasteiger partial charge in [0, 0.05) is 59.4 Å². The highest BCUT2D eigenvalue weighted by molar-refractivity contribution is 7.26. The maximum absolute atomic E-state index is 5.21. The summed E-state index contributed by atoms with van der Waals surface area (Å²) in [4.78, 5) is 15.5. The predicted octanol–water partition coefficient (Wildman–Crippen LogP) is 16.8. The zero-order chi connectivity index (χ0) is 45.4. The lowest BCUT2D eigenvalue weighted by molar-refractivity contribution is 1.07. The number of benzene rings is 10. The Labute approximate surface area is 401 Å². The monoisotopic (exact) mass is 897 g/mol. The zero-order valence-electron chi connectivity index (χ0n) is 37.2. The maximum atomic E-state index is 5.21. The molecule has 0 aliphatic rings. The summed E-state index contributed by atoms with van der Waals surface area (Å²) in [5, 5.41) is 7.30. The Morgan fingerprint density at radius 2 is 0.768 bits per heavy atom. The lowest BCUT2D eigenvalue weighted by Crippen LogP contribution is -2.00. The van der Waals surface area contributed by atoms with Crippen molar-refractivity contribution in [1.29, 1.82) is 0 Å². The number of fused-ring (bicyclic) bond motifs is 10. The van der Waals surface area contributed by atoms with E-state index in [9.17, 15) is 0 Å². The fraction of sp³-hybridized carbons (Fsp3) is 0. The van der Waals surface area contributed by atoms with E-state index in [0.29, 0.717) is 17.5 Å². The van der Waals surface area contributed by atoms with Crippen LogP contribution in [0.2, 0.25) is 0 Å². The quantitative estimate of drug-likeness (QED) is 0.160. The molecule has 0 bridgehead atoms. The van der Waals surface area contributed by atoms with Crippen LogP contribution in [0.25, 0.3) is 132 Å². The van der Waals surface area contributed by atoms with Crippen LogP contribution < -0.4 is 0 Å². The summed E-state index contributed by atoms with van der Waals surface area (Å²) in [6.07, 6.45) is 0. The molecule has 0 aliphatic heterocycles. The molecule has 4 aromatic heterocycles. The van der Waals surface area contributed by atoms with Crippen molar-refractivity contribution in [3.8, 4) is 67.8 Å². The minimum Gasteiger partial charge on any atom is -0.307 e. The van der Waals surface area contributed by atoms with E-state index in [2.05, 4.69) is 228 Å². The smallest absolute Gasteiger partial charge is 0.164 e. The number of rotatable bonds is 7. The number of hydrogen-bond acceptors (Lipinski definition) is 4. The third-order valence-electron chi connectivity index (χ3n) is 13.6. The third kappa shape index (κ3) is 6.41.